The summed E-state index contributed by atoms with van der Waals surface area (Å²) in [5.41, 5.74) is 0.427. The maximum absolute atomic E-state index is 13.0. The van der Waals surface area contributed by atoms with Crippen molar-refractivity contribution >= 4 is 7.14 Å². The quantitative estimate of drug-likeness (QED) is 0.360. The van der Waals surface area contributed by atoms with Crippen molar-refractivity contribution in [2.45, 2.75) is 78.8 Å². The number of hydrogen-bond donors (Lipinski definition) is 0. The number of unbranched alkanes of at least 4 members (excludes halogenated alkanes) is 4. The fourth-order valence-electron chi connectivity index (χ4n) is 2.43. The Morgan fingerprint density at radius 3 is 2.00 bits per heavy atom. The van der Waals surface area contributed by atoms with Crippen LogP contribution in [0.2, 0.25) is 0 Å². The molecule has 0 saturated carbocycles. The fraction of sp³-hybridized carbons (Fsp3) is 1.00. The van der Waals surface area contributed by atoms with E-state index in [-0.39, 0.29) is 0 Å². The molecule has 0 aromatic rings. The molecule has 0 aliphatic carbocycles. The van der Waals surface area contributed by atoms with Crippen molar-refractivity contribution in [1.29, 1.82) is 0 Å². The first kappa shape index (κ1) is 17.2. The molecule has 0 aromatic heterocycles. The van der Waals surface area contributed by atoms with Crippen LogP contribution in [0.5, 0.6) is 0 Å². The summed E-state index contributed by atoms with van der Waals surface area (Å²) < 4.78 is 13.0. The Balaban J connectivity index is 4.15. The minimum absolute atomic E-state index is 0.427. The summed E-state index contributed by atoms with van der Waals surface area (Å²) in [7, 11) is -1.92. The molecule has 0 aromatic carbocycles. The second-order valence-corrected chi connectivity index (χ2v) is 9.52. The molecule has 0 saturated heterocycles. The smallest absolute Gasteiger partial charge is 0.0906 e. The van der Waals surface area contributed by atoms with Gasteiger partial charge in [-0.1, -0.05) is 60.3 Å². The molecule has 2 atom stereocenters. The van der Waals surface area contributed by atoms with Crippen molar-refractivity contribution in [1.82, 2.24) is 0 Å². The van der Waals surface area contributed by atoms with E-state index in [0.29, 0.717) is 11.6 Å². The van der Waals surface area contributed by atoms with Crippen LogP contribution in [0.15, 0.2) is 0 Å². The zero-order valence-corrected chi connectivity index (χ0v) is 13.6. The molecule has 0 rings (SSSR count). The van der Waals surface area contributed by atoms with Crippen LogP contribution in [0.3, 0.4) is 0 Å². The topological polar surface area (TPSA) is 17.1 Å². The van der Waals surface area contributed by atoms with E-state index in [9.17, 15) is 4.57 Å². The maximum atomic E-state index is 13.0. The zero-order chi connectivity index (χ0) is 13.3. The van der Waals surface area contributed by atoms with Crippen LogP contribution < -0.4 is 0 Å². The molecule has 0 aliphatic rings. The summed E-state index contributed by atoms with van der Waals surface area (Å²) in [6, 6.07) is 0. The Morgan fingerprint density at radius 1 is 0.941 bits per heavy atom. The lowest BCUT2D eigenvalue weighted by Gasteiger charge is -2.26. The van der Waals surface area contributed by atoms with Gasteiger partial charge in [-0.2, -0.15) is 0 Å². The van der Waals surface area contributed by atoms with E-state index in [2.05, 4.69) is 34.6 Å². The summed E-state index contributed by atoms with van der Waals surface area (Å²) in [5, 5.41) is 0. The van der Waals surface area contributed by atoms with Gasteiger partial charge in [-0.3, -0.25) is 0 Å². The van der Waals surface area contributed by atoms with E-state index in [1.165, 1.54) is 32.1 Å². The highest BCUT2D eigenvalue weighted by Gasteiger charge is 2.28. The zero-order valence-electron chi connectivity index (χ0n) is 12.7. The molecular formula is C15H33OP. The Labute approximate surface area is 109 Å². The molecule has 104 valence electrons. The molecule has 2 heteroatoms. The van der Waals surface area contributed by atoms with E-state index in [4.69, 9.17) is 0 Å². The van der Waals surface area contributed by atoms with Gasteiger partial charge in [0.2, 0.25) is 0 Å². The van der Waals surface area contributed by atoms with Crippen molar-refractivity contribution in [3.8, 4) is 0 Å². The van der Waals surface area contributed by atoms with Crippen molar-refractivity contribution < 1.29 is 4.57 Å². The summed E-state index contributed by atoms with van der Waals surface area (Å²) in [6.45, 7) is 11.0. The second-order valence-electron chi connectivity index (χ2n) is 5.92. The number of rotatable bonds is 10. The maximum Gasteiger partial charge on any atom is 0.0906 e. The van der Waals surface area contributed by atoms with Crippen LogP contribution in [-0.2, 0) is 4.57 Å². The lowest BCUT2D eigenvalue weighted by molar-refractivity contribution is 0.548. The molecule has 0 radical (unpaired) electrons. The normalized spacial score (nSPS) is 17.1. The fourth-order valence-corrected chi connectivity index (χ4v) is 6.07. The first-order valence-electron chi connectivity index (χ1n) is 7.54. The minimum atomic E-state index is -1.92. The highest BCUT2D eigenvalue weighted by atomic mass is 31.2. The summed E-state index contributed by atoms with van der Waals surface area (Å²) in [5.74, 6) is 0.575. The van der Waals surface area contributed by atoms with Gasteiger partial charge in [0.25, 0.3) is 0 Å². The van der Waals surface area contributed by atoms with Crippen LogP contribution in [0.4, 0.5) is 0 Å². The lowest BCUT2D eigenvalue weighted by Crippen LogP contribution is -2.12. The Kier molecular flexibility index (Phi) is 9.32. The monoisotopic (exact) mass is 260 g/mol. The first-order valence-corrected chi connectivity index (χ1v) is 9.68. The molecule has 0 fully saturated rings. The van der Waals surface area contributed by atoms with Crippen molar-refractivity contribution in [3.63, 3.8) is 0 Å². The molecule has 1 nitrogen and oxygen atoms in total. The highest BCUT2D eigenvalue weighted by molar-refractivity contribution is 7.64. The van der Waals surface area contributed by atoms with Gasteiger partial charge in [-0.05, 0) is 18.8 Å². The summed E-state index contributed by atoms with van der Waals surface area (Å²) in [6.07, 6.45) is 9.39. The van der Waals surface area contributed by atoms with Crippen LogP contribution >= 0.6 is 7.14 Å². The number of hydrogen-bond acceptors (Lipinski definition) is 1. The molecule has 2 unspecified atom stereocenters. The van der Waals surface area contributed by atoms with Gasteiger partial charge in [0.05, 0.1) is 7.14 Å². The van der Waals surface area contributed by atoms with Gasteiger partial charge in [0.1, 0.15) is 0 Å². The SMILES string of the molecule is CCCCCCCP(=O)(CC(C)C)C(C)CC. The third-order valence-corrected chi connectivity index (χ3v) is 8.10. The van der Waals surface area contributed by atoms with Crippen LogP contribution in [0.1, 0.15) is 73.1 Å². The summed E-state index contributed by atoms with van der Waals surface area (Å²) >= 11 is 0. The Bertz CT molecular complexity index is 223. The van der Waals surface area contributed by atoms with Crippen LogP contribution in [0, 0.1) is 5.92 Å². The first-order chi connectivity index (χ1) is 7.96. The molecule has 0 aliphatic heterocycles. The Hall–Kier alpha value is 0.230. The van der Waals surface area contributed by atoms with Gasteiger partial charge in [-0.15, -0.1) is 0 Å². The van der Waals surface area contributed by atoms with E-state index in [1.807, 2.05) is 0 Å². The van der Waals surface area contributed by atoms with Gasteiger partial charge < -0.3 is 4.57 Å². The molecule has 0 bridgehead atoms. The highest BCUT2D eigenvalue weighted by Crippen LogP contribution is 2.53. The average molecular weight is 260 g/mol. The molecule has 0 heterocycles. The third kappa shape index (κ3) is 7.29. The Morgan fingerprint density at radius 2 is 1.53 bits per heavy atom. The predicted octanol–water partition coefficient (Wildman–Crippen LogP) is 5.77. The second kappa shape index (κ2) is 9.20. The standard InChI is InChI=1S/C15H33OP/c1-6-8-9-10-11-12-17(16,13-14(3)4)15(5)7-2/h14-15H,6-13H2,1-5H3. The molecular weight excluding hydrogens is 227 g/mol. The van der Waals surface area contributed by atoms with E-state index in [1.54, 1.807) is 0 Å². The van der Waals surface area contributed by atoms with Gasteiger partial charge >= 0.3 is 0 Å². The van der Waals surface area contributed by atoms with Crippen molar-refractivity contribution in [2.75, 3.05) is 12.3 Å². The average Bonchev–Trinajstić information content (AvgIpc) is 2.26. The molecule has 0 spiro atoms. The lowest BCUT2D eigenvalue weighted by atomic mass is 10.2. The van der Waals surface area contributed by atoms with E-state index in [0.717, 1.165) is 18.7 Å². The van der Waals surface area contributed by atoms with Crippen molar-refractivity contribution in [2.24, 2.45) is 5.92 Å². The van der Waals surface area contributed by atoms with Crippen molar-refractivity contribution in [3.05, 3.63) is 0 Å². The minimum Gasteiger partial charge on any atom is -0.323 e. The summed E-state index contributed by atoms with van der Waals surface area (Å²) in [4.78, 5) is 0. The largest absolute Gasteiger partial charge is 0.323 e. The molecule has 0 amide bonds. The van der Waals surface area contributed by atoms with Crippen LogP contribution in [0.25, 0.3) is 0 Å². The van der Waals surface area contributed by atoms with E-state index >= 15 is 0 Å². The van der Waals surface area contributed by atoms with Crippen LogP contribution in [-0.4, -0.2) is 18.0 Å². The predicted molar refractivity (Wildman–Crippen MR) is 80.7 cm³/mol. The van der Waals surface area contributed by atoms with Gasteiger partial charge in [0.15, 0.2) is 0 Å². The van der Waals surface area contributed by atoms with Gasteiger partial charge in [0, 0.05) is 18.0 Å². The molecule has 0 N–H and O–H groups in total. The van der Waals surface area contributed by atoms with Gasteiger partial charge in [-0.25, -0.2) is 0 Å². The van der Waals surface area contributed by atoms with E-state index < -0.39 is 7.14 Å². The molecule has 17 heavy (non-hydrogen) atoms. The third-order valence-electron chi connectivity index (χ3n) is 3.71.